The summed E-state index contributed by atoms with van der Waals surface area (Å²) in [5, 5.41) is 15.8. The number of aromatic nitrogens is 1. The Morgan fingerprint density at radius 3 is 2.71 bits per heavy atom. The summed E-state index contributed by atoms with van der Waals surface area (Å²) in [5.41, 5.74) is -0.414. The number of hydrogen-bond acceptors (Lipinski definition) is 6. The van der Waals surface area contributed by atoms with Gasteiger partial charge in [0, 0.05) is 6.04 Å². The fourth-order valence-corrected chi connectivity index (χ4v) is 1.97. The third-order valence-corrected chi connectivity index (χ3v) is 3.04. The van der Waals surface area contributed by atoms with Gasteiger partial charge in [0.05, 0.1) is 17.6 Å². The van der Waals surface area contributed by atoms with Gasteiger partial charge in [-0.3, -0.25) is 0 Å². The Balaban J connectivity index is 2.08. The normalized spacial score (nSPS) is 16.0. The first-order valence-electron chi connectivity index (χ1n) is 6.22. The molecule has 0 amide bonds. The first-order chi connectivity index (χ1) is 10.1. The van der Waals surface area contributed by atoms with E-state index in [4.69, 9.17) is 19.1 Å². The van der Waals surface area contributed by atoms with Gasteiger partial charge in [0.1, 0.15) is 12.5 Å². The van der Waals surface area contributed by atoms with Crippen molar-refractivity contribution in [1.29, 1.82) is 0 Å². The lowest BCUT2D eigenvalue weighted by atomic mass is 10.1. The molecule has 2 heterocycles. The van der Waals surface area contributed by atoms with Crippen LogP contribution in [0.25, 0.3) is 11.0 Å². The fraction of sp³-hybridized carbons (Fsp3) is 0.308. The monoisotopic (exact) mass is 298 g/mol. The van der Waals surface area contributed by atoms with Crippen LogP contribution >= 0.6 is 0 Å². The number of hydrogen-bond donors (Lipinski definition) is 2. The van der Waals surface area contributed by atoms with Gasteiger partial charge in [0.25, 0.3) is 6.29 Å². The molecule has 0 spiro atoms. The third kappa shape index (κ3) is 2.27. The lowest BCUT2D eigenvalue weighted by Crippen LogP contribution is -2.19. The zero-order valence-electron chi connectivity index (χ0n) is 11.0. The molecule has 1 aliphatic heterocycles. The third-order valence-electron chi connectivity index (χ3n) is 3.04. The molecule has 21 heavy (non-hydrogen) atoms. The van der Waals surface area contributed by atoms with Gasteiger partial charge in [-0.1, -0.05) is 5.16 Å². The Kier molecular flexibility index (Phi) is 3.38. The number of nitrogens with zero attached hydrogens (tertiary/aromatic N) is 1. The summed E-state index contributed by atoms with van der Waals surface area (Å²) < 4.78 is 42.9. The number of benzene rings is 1. The molecule has 0 aliphatic carbocycles. The minimum absolute atomic E-state index is 0.104. The van der Waals surface area contributed by atoms with Crippen LogP contribution in [0.5, 0.6) is 0 Å². The molecule has 6 nitrogen and oxygen atoms in total. The van der Waals surface area contributed by atoms with Gasteiger partial charge < -0.3 is 24.4 Å². The smallest absolute Gasteiger partial charge is 0.269 e. The maximum Gasteiger partial charge on any atom is 0.269 e. The quantitative estimate of drug-likeness (QED) is 0.902. The van der Waals surface area contributed by atoms with Gasteiger partial charge in [0.2, 0.25) is 11.4 Å². The highest BCUT2D eigenvalue weighted by Crippen LogP contribution is 2.34. The molecule has 0 unspecified atom stereocenters. The molecule has 0 saturated heterocycles. The van der Waals surface area contributed by atoms with Gasteiger partial charge in [-0.15, -0.1) is 0 Å². The molecule has 112 valence electrons. The van der Waals surface area contributed by atoms with Gasteiger partial charge in [-0.25, -0.2) is 4.39 Å². The number of anilines is 1. The van der Waals surface area contributed by atoms with E-state index in [0.717, 1.165) is 0 Å². The van der Waals surface area contributed by atoms with Crippen molar-refractivity contribution in [3.63, 3.8) is 0 Å². The lowest BCUT2D eigenvalue weighted by molar-refractivity contribution is -0.0274. The van der Waals surface area contributed by atoms with Gasteiger partial charge in [-0.2, -0.15) is 4.39 Å². The summed E-state index contributed by atoms with van der Waals surface area (Å²) in [7, 11) is 0. The number of halogens is 2. The highest BCUT2D eigenvalue weighted by molar-refractivity contribution is 5.89. The molecular weight excluding hydrogens is 286 g/mol. The van der Waals surface area contributed by atoms with E-state index in [-0.39, 0.29) is 35.0 Å². The molecule has 0 radical (unpaired) electrons. The zero-order valence-corrected chi connectivity index (χ0v) is 11.0. The van der Waals surface area contributed by atoms with E-state index in [1.807, 2.05) is 0 Å². The molecule has 0 saturated carbocycles. The minimum atomic E-state index is -1.17. The van der Waals surface area contributed by atoms with Crippen molar-refractivity contribution >= 4 is 16.8 Å². The molecular formula is C13H12F2N2O4. The van der Waals surface area contributed by atoms with Crippen molar-refractivity contribution in [2.24, 2.45) is 0 Å². The standard InChI is InChI=1S/C13H12F2N2O4/c1-6(5-18)16-12-8-4-7(13-19-2-3-20-13)9(14)10(15)11(8)21-17-12/h2-4,6,13,18H,5H2,1H3,(H,16,17)/t6-/m0/s1. The SMILES string of the molecule is C[C@@H](CO)Nc1noc2c(F)c(F)c(C3OC=CO3)cc12. The van der Waals surface area contributed by atoms with Crippen LogP contribution in [-0.4, -0.2) is 22.9 Å². The fourth-order valence-electron chi connectivity index (χ4n) is 1.97. The van der Waals surface area contributed by atoms with Crippen LogP contribution in [0.15, 0.2) is 23.1 Å². The van der Waals surface area contributed by atoms with E-state index >= 15 is 0 Å². The minimum Gasteiger partial charge on any atom is -0.455 e. The predicted octanol–water partition coefficient (Wildman–Crippen LogP) is 2.42. The largest absolute Gasteiger partial charge is 0.455 e. The van der Waals surface area contributed by atoms with Gasteiger partial charge >= 0.3 is 0 Å². The Bertz CT molecular complexity index is 693. The van der Waals surface area contributed by atoms with Crippen molar-refractivity contribution in [1.82, 2.24) is 5.16 Å². The van der Waals surface area contributed by atoms with Gasteiger partial charge in [-0.05, 0) is 13.0 Å². The molecule has 1 aromatic heterocycles. The first kappa shape index (κ1) is 13.6. The van der Waals surface area contributed by atoms with Crippen LogP contribution in [-0.2, 0) is 9.47 Å². The number of nitrogens with one attached hydrogen (secondary N) is 1. The highest BCUT2D eigenvalue weighted by atomic mass is 19.2. The van der Waals surface area contributed by atoms with E-state index in [1.54, 1.807) is 6.92 Å². The van der Waals surface area contributed by atoms with Crippen LogP contribution in [0.3, 0.4) is 0 Å². The number of ether oxygens (including phenoxy) is 2. The Labute approximate surface area is 117 Å². The molecule has 0 bridgehead atoms. The highest BCUT2D eigenvalue weighted by Gasteiger charge is 2.27. The summed E-state index contributed by atoms with van der Waals surface area (Å²) in [5.74, 6) is -2.08. The van der Waals surface area contributed by atoms with E-state index in [2.05, 4.69) is 10.5 Å². The Hall–Kier alpha value is -2.35. The van der Waals surface area contributed by atoms with E-state index < -0.39 is 17.9 Å². The molecule has 2 aromatic rings. The predicted molar refractivity (Wildman–Crippen MR) is 68.1 cm³/mol. The summed E-state index contributed by atoms with van der Waals surface area (Å²) >= 11 is 0. The average Bonchev–Trinajstić information content (AvgIpc) is 3.12. The van der Waals surface area contributed by atoms with E-state index in [0.29, 0.717) is 0 Å². The lowest BCUT2D eigenvalue weighted by Gasteiger charge is -2.12. The van der Waals surface area contributed by atoms with Crippen molar-refractivity contribution < 1.29 is 27.9 Å². The second-order valence-electron chi connectivity index (χ2n) is 4.61. The number of fused-ring (bicyclic) bond motifs is 1. The summed E-state index contributed by atoms with van der Waals surface area (Å²) in [4.78, 5) is 0. The Morgan fingerprint density at radius 2 is 2.05 bits per heavy atom. The summed E-state index contributed by atoms with van der Waals surface area (Å²) in [6.07, 6.45) is 1.43. The van der Waals surface area contributed by atoms with Crippen molar-refractivity contribution in [3.8, 4) is 0 Å². The molecule has 1 aromatic carbocycles. The molecule has 1 aliphatic rings. The second-order valence-corrected chi connectivity index (χ2v) is 4.61. The average molecular weight is 298 g/mol. The molecule has 2 N–H and O–H groups in total. The molecule has 1 atom stereocenters. The van der Waals surface area contributed by atoms with Crippen molar-refractivity contribution in [2.75, 3.05) is 11.9 Å². The van der Waals surface area contributed by atoms with Crippen LogP contribution in [0, 0.1) is 11.6 Å². The number of aliphatic hydroxyl groups excluding tert-OH is 1. The maximum atomic E-state index is 14.0. The van der Waals surface area contributed by atoms with E-state index in [1.165, 1.54) is 18.6 Å². The number of rotatable bonds is 4. The molecule has 0 fully saturated rings. The van der Waals surface area contributed by atoms with Crippen LogP contribution in [0.1, 0.15) is 18.8 Å². The topological polar surface area (TPSA) is 76.8 Å². The van der Waals surface area contributed by atoms with Crippen LogP contribution in [0.2, 0.25) is 0 Å². The summed E-state index contributed by atoms with van der Waals surface area (Å²) in [6, 6.07) is 1.02. The number of aliphatic hydroxyl groups is 1. The first-order valence-corrected chi connectivity index (χ1v) is 6.22. The molecule has 3 rings (SSSR count). The van der Waals surface area contributed by atoms with Crippen LogP contribution in [0.4, 0.5) is 14.6 Å². The van der Waals surface area contributed by atoms with Crippen molar-refractivity contribution in [2.45, 2.75) is 19.3 Å². The zero-order chi connectivity index (χ0) is 15.0. The second kappa shape index (κ2) is 5.21. The van der Waals surface area contributed by atoms with Gasteiger partial charge in [0.15, 0.2) is 11.6 Å². The molecule has 8 heteroatoms. The van der Waals surface area contributed by atoms with Crippen molar-refractivity contribution in [3.05, 3.63) is 35.8 Å². The Morgan fingerprint density at radius 1 is 1.33 bits per heavy atom. The van der Waals surface area contributed by atoms with E-state index in [9.17, 15) is 8.78 Å². The van der Waals surface area contributed by atoms with Crippen LogP contribution < -0.4 is 5.32 Å². The summed E-state index contributed by atoms with van der Waals surface area (Å²) in [6.45, 7) is 1.55. The maximum absolute atomic E-state index is 14.0.